The van der Waals surface area contributed by atoms with Gasteiger partial charge in [-0.15, -0.1) is 0 Å². The van der Waals surface area contributed by atoms with Gasteiger partial charge in [0.25, 0.3) is 5.91 Å². The van der Waals surface area contributed by atoms with E-state index in [9.17, 15) is 9.18 Å². The first-order valence-corrected chi connectivity index (χ1v) is 10.7. The highest BCUT2D eigenvalue weighted by Crippen LogP contribution is 2.34. The normalized spacial score (nSPS) is 19.4. The van der Waals surface area contributed by atoms with E-state index < -0.39 is 0 Å². The minimum atomic E-state index is -0.304. The molecule has 2 aromatic carbocycles. The lowest BCUT2D eigenvalue weighted by Gasteiger charge is -2.38. The Balaban J connectivity index is 1.44. The maximum atomic E-state index is 13.9. The monoisotopic (exact) mass is 412 g/mol. The molecule has 0 spiro atoms. The molecule has 6 heteroatoms. The van der Waals surface area contributed by atoms with Crippen molar-refractivity contribution in [3.05, 3.63) is 71.0 Å². The number of ether oxygens (including phenoxy) is 2. The smallest absolute Gasteiger partial charge is 0.251 e. The zero-order chi connectivity index (χ0) is 20.8. The van der Waals surface area contributed by atoms with Crippen LogP contribution in [0.15, 0.2) is 48.5 Å². The standard InChI is InChI=1S/C24H29FN2O3/c25-22-6-2-5-21(16-22)24(7-11-29-12-8-24)18-26-23(28)20-4-1-3-19(15-20)17-27-9-13-30-14-10-27/h1-6,15-16H,7-14,17-18H2,(H,26,28). The van der Waals surface area contributed by atoms with Crippen LogP contribution < -0.4 is 5.32 Å². The van der Waals surface area contributed by atoms with Crippen LogP contribution in [0.2, 0.25) is 0 Å². The number of halogens is 1. The highest BCUT2D eigenvalue weighted by molar-refractivity contribution is 5.94. The Hall–Kier alpha value is -2.28. The topological polar surface area (TPSA) is 50.8 Å². The third kappa shape index (κ3) is 5.06. The quantitative estimate of drug-likeness (QED) is 0.792. The molecule has 30 heavy (non-hydrogen) atoms. The molecule has 0 radical (unpaired) electrons. The summed E-state index contributed by atoms with van der Waals surface area (Å²) in [7, 11) is 0. The summed E-state index contributed by atoms with van der Waals surface area (Å²) >= 11 is 0. The van der Waals surface area contributed by atoms with Crippen LogP contribution in [0.5, 0.6) is 0 Å². The molecule has 0 bridgehead atoms. The lowest BCUT2D eigenvalue weighted by molar-refractivity contribution is 0.0342. The zero-order valence-corrected chi connectivity index (χ0v) is 17.2. The summed E-state index contributed by atoms with van der Waals surface area (Å²) in [5, 5.41) is 3.11. The van der Waals surface area contributed by atoms with Crippen LogP contribution in [0.25, 0.3) is 0 Å². The molecular weight excluding hydrogens is 383 g/mol. The van der Waals surface area contributed by atoms with Gasteiger partial charge in [0.05, 0.1) is 13.2 Å². The van der Waals surface area contributed by atoms with E-state index in [0.717, 1.165) is 56.8 Å². The van der Waals surface area contributed by atoms with Crippen molar-refractivity contribution >= 4 is 5.91 Å². The molecule has 2 fully saturated rings. The van der Waals surface area contributed by atoms with Gasteiger partial charge in [-0.2, -0.15) is 0 Å². The highest BCUT2D eigenvalue weighted by Gasteiger charge is 2.35. The lowest BCUT2D eigenvalue weighted by Crippen LogP contribution is -2.44. The third-order valence-electron chi connectivity index (χ3n) is 6.17. The molecule has 0 aliphatic carbocycles. The van der Waals surface area contributed by atoms with Crippen molar-refractivity contribution < 1.29 is 18.7 Å². The fourth-order valence-electron chi connectivity index (χ4n) is 4.33. The van der Waals surface area contributed by atoms with E-state index in [1.807, 2.05) is 24.3 Å². The Kier molecular flexibility index (Phi) is 6.77. The second-order valence-electron chi connectivity index (χ2n) is 8.17. The van der Waals surface area contributed by atoms with E-state index in [0.29, 0.717) is 25.3 Å². The number of nitrogens with one attached hydrogen (secondary N) is 1. The molecular formula is C24H29FN2O3. The fourth-order valence-corrected chi connectivity index (χ4v) is 4.33. The largest absolute Gasteiger partial charge is 0.381 e. The van der Waals surface area contributed by atoms with Crippen molar-refractivity contribution in [3.8, 4) is 0 Å². The molecule has 1 amide bonds. The fraction of sp³-hybridized carbons (Fsp3) is 0.458. The first kappa shape index (κ1) is 21.0. The predicted molar refractivity (Wildman–Crippen MR) is 113 cm³/mol. The molecule has 0 unspecified atom stereocenters. The van der Waals surface area contributed by atoms with Crippen molar-refractivity contribution in [2.75, 3.05) is 46.1 Å². The summed E-state index contributed by atoms with van der Waals surface area (Å²) in [5.41, 5.74) is 2.39. The van der Waals surface area contributed by atoms with Crippen molar-refractivity contribution in [1.82, 2.24) is 10.2 Å². The Morgan fingerprint density at radius 1 is 1.00 bits per heavy atom. The maximum Gasteiger partial charge on any atom is 0.251 e. The van der Waals surface area contributed by atoms with E-state index in [4.69, 9.17) is 9.47 Å². The SMILES string of the molecule is O=C(NCC1(c2cccc(F)c2)CCOCC1)c1cccc(CN2CCOCC2)c1. The second-order valence-corrected chi connectivity index (χ2v) is 8.17. The van der Waals surface area contributed by atoms with Crippen LogP contribution in [-0.4, -0.2) is 56.9 Å². The molecule has 2 heterocycles. The summed E-state index contributed by atoms with van der Waals surface area (Å²) in [4.78, 5) is 15.3. The van der Waals surface area contributed by atoms with Gasteiger partial charge in [-0.05, 0) is 48.2 Å². The van der Waals surface area contributed by atoms with Gasteiger partial charge >= 0.3 is 0 Å². The van der Waals surface area contributed by atoms with Crippen LogP contribution in [0.4, 0.5) is 4.39 Å². The molecule has 0 atom stereocenters. The minimum Gasteiger partial charge on any atom is -0.381 e. The molecule has 2 aromatic rings. The van der Waals surface area contributed by atoms with Crippen molar-refractivity contribution in [3.63, 3.8) is 0 Å². The van der Waals surface area contributed by atoms with Gasteiger partial charge in [-0.3, -0.25) is 9.69 Å². The van der Waals surface area contributed by atoms with Gasteiger partial charge in [-0.1, -0.05) is 24.3 Å². The number of benzene rings is 2. The number of morpholine rings is 1. The molecule has 0 saturated carbocycles. The zero-order valence-electron chi connectivity index (χ0n) is 17.2. The molecule has 2 saturated heterocycles. The molecule has 2 aliphatic heterocycles. The summed E-state index contributed by atoms with van der Waals surface area (Å²) < 4.78 is 24.8. The molecule has 1 N–H and O–H groups in total. The van der Waals surface area contributed by atoms with Crippen LogP contribution in [0.3, 0.4) is 0 Å². The van der Waals surface area contributed by atoms with Crippen LogP contribution in [0, 0.1) is 5.82 Å². The van der Waals surface area contributed by atoms with Crippen molar-refractivity contribution in [1.29, 1.82) is 0 Å². The van der Waals surface area contributed by atoms with Crippen LogP contribution in [-0.2, 0) is 21.4 Å². The average molecular weight is 413 g/mol. The molecule has 160 valence electrons. The van der Waals surface area contributed by atoms with Gasteiger partial charge in [0.15, 0.2) is 0 Å². The number of hydrogen-bond acceptors (Lipinski definition) is 4. The number of amides is 1. The van der Waals surface area contributed by atoms with E-state index >= 15 is 0 Å². The average Bonchev–Trinajstić information content (AvgIpc) is 2.79. The Morgan fingerprint density at radius 2 is 1.73 bits per heavy atom. The summed E-state index contributed by atoms with van der Waals surface area (Å²) in [6.45, 7) is 5.84. The first-order chi connectivity index (χ1) is 14.6. The van der Waals surface area contributed by atoms with Gasteiger partial charge in [-0.25, -0.2) is 4.39 Å². The number of carbonyl (C=O) groups excluding carboxylic acids is 1. The van der Waals surface area contributed by atoms with E-state index in [2.05, 4.69) is 16.3 Å². The van der Waals surface area contributed by atoms with Crippen molar-refractivity contribution in [2.24, 2.45) is 0 Å². The Morgan fingerprint density at radius 3 is 2.50 bits per heavy atom. The second kappa shape index (κ2) is 9.69. The van der Waals surface area contributed by atoms with Crippen molar-refractivity contribution in [2.45, 2.75) is 24.8 Å². The minimum absolute atomic E-state index is 0.0962. The van der Waals surface area contributed by atoms with E-state index in [-0.39, 0.29) is 17.1 Å². The molecule has 4 rings (SSSR count). The van der Waals surface area contributed by atoms with Crippen LogP contribution in [0.1, 0.15) is 34.3 Å². The Labute approximate surface area is 177 Å². The molecule has 5 nitrogen and oxygen atoms in total. The Bertz CT molecular complexity index is 861. The molecule has 0 aromatic heterocycles. The molecule has 2 aliphatic rings. The highest BCUT2D eigenvalue weighted by atomic mass is 19.1. The summed E-state index contributed by atoms with van der Waals surface area (Å²) in [6.07, 6.45) is 1.52. The van der Waals surface area contributed by atoms with E-state index in [1.54, 1.807) is 12.1 Å². The summed E-state index contributed by atoms with van der Waals surface area (Å²) in [6, 6.07) is 14.5. The maximum absolute atomic E-state index is 13.9. The number of carbonyl (C=O) groups is 1. The summed E-state index contributed by atoms with van der Waals surface area (Å²) in [5.74, 6) is -0.346. The number of hydrogen-bond donors (Lipinski definition) is 1. The van der Waals surface area contributed by atoms with Gasteiger partial charge in [0.2, 0.25) is 0 Å². The van der Waals surface area contributed by atoms with E-state index in [1.165, 1.54) is 6.07 Å². The predicted octanol–water partition coefficient (Wildman–Crippen LogP) is 3.14. The third-order valence-corrected chi connectivity index (χ3v) is 6.17. The van der Waals surface area contributed by atoms with Gasteiger partial charge in [0.1, 0.15) is 5.82 Å². The number of rotatable bonds is 6. The number of nitrogens with zero attached hydrogens (tertiary/aromatic N) is 1. The lowest BCUT2D eigenvalue weighted by atomic mass is 9.74. The van der Waals surface area contributed by atoms with Crippen LogP contribution >= 0.6 is 0 Å². The first-order valence-electron chi connectivity index (χ1n) is 10.7. The van der Waals surface area contributed by atoms with Gasteiger partial charge in [0, 0.05) is 50.4 Å². The van der Waals surface area contributed by atoms with Gasteiger partial charge < -0.3 is 14.8 Å².